The van der Waals surface area contributed by atoms with Crippen LogP contribution in [0.1, 0.15) is 35.7 Å². The molecule has 0 bridgehead atoms. The number of halogens is 1. The molecule has 2 aliphatic rings. The van der Waals surface area contributed by atoms with Crippen molar-refractivity contribution in [2.45, 2.75) is 32.1 Å². The fourth-order valence-corrected chi connectivity index (χ4v) is 3.31. The van der Waals surface area contributed by atoms with Gasteiger partial charge in [0.15, 0.2) is 0 Å². The number of rotatable bonds is 6. The fourth-order valence-electron chi connectivity index (χ4n) is 3.31. The van der Waals surface area contributed by atoms with Gasteiger partial charge in [-0.1, -0.05) is 13.0 Å². The number of fused-ring (bicyclic) bond motifs is 1. The lowest BCUT2D eigenvalue weighted by Crippen LogP contribution is -2.52. The van der Waals surface area contributed by atoms with Crippen LogP contribution in [0.2, 0.25) is 0 Å². The van der Waals surface area contributed by atoms with Crippen LogP contribution in [0.15, 0.2) is 23.4 Å². The standard InChI is InChI=1S/C17H20BFN2O5/c1-8-5-10(8)12(7-14(20)22)21-13-6-9-3-4-11(19)15(17(23)24)16(9)26-18(13)25-2/h3-4,8,13,21H,5-7H2,1-2H3,(H2,20,22)(H,23,24)/b12-10+. The van der Waals surface area contributed by atoms with Crippen LogP contribution in [-0.2, 0) is 15.9 Å². The third-order valence-corrected chi connectivity index (χ3v) is 4.70. The Morgan fingerprint density at radius 1 is 1.46 bits per heavy atom. The van der Waals surface area contributed by atoms with Gasteiger partial charge < -0.3 is 25.5 Å². The van der Waals surface area contributed by atoms with E-state index < -0.39 is 30.4 Å². The fraction of sp³-hybridized carbons (Fsp3) is 0.412. The Morgan fingerprint density at radius 3 is 2.69 bits per heavy atom. The number of carbonyl (C=O) groups is 2. The van der Waals surface area contributed by atoms with E-state index in [0.717, 1.165) is 23.8 Å². The molecule has 1 aliphatic carbocycles. The minimum Gasteiger partial charge on any atom is -0.534 e. The molecule has 1 saturated carbocycles. The Bertz CT molecular complexity index is 798. The highest BCUT2D eigenvalue weighted by atomic mass is 19.1. The monoisotopic (exact) mass is 362 g/mol. The average molecular weight is 362 g/mol. The van der Waals surface area contributed by atoms with E-state index in [4.69, 9.17) is 15.0 Å². The van der Waals surface area contributed by atoms with Crippen molar-refractivity contribution in [1.82, 2.24) is 5.32 Å². The zero-order chi connectivity index (χ0) is 19.0. The highest BCUT2D eigenvalue weighted by Gasteiger charge is 2.41. The first-order chi connectivity index (χ1) is 12.3. The first kappa shape index (κ1) is 18.3. The van der Waals surface area contributed by atoms with Gasteiger partial charge in [0.2, 0.25) is 5.91 Å². The largest absolute Gasteiger partial charge is 0.549 e. The van der Waals surface area contributed by atoms with Crippen LogP contribution in [0.3, 0.4) is 0 Å². The Morgan fingerprint density at radius 2 is 2.15 bits per heavy atom. The van der Waals surface area contributed by atoms with Crippen LogP contribution in [0, 0.1) is 11.7 Å². The van der Waals surface area contributed by atoms with Crippen LogP contribution in [0.25, 0.3) is 0 Å². The summed E-state index contributed by atoms with van der Waals surface area (Å²) in [6.45, 7) is 2.06. The minimum atomic E-state index is -1.40. The maximum atomic E-state index is 13.9. The molecule has 1 fully saturated rings. The highest BCUT2D eigenvalue weighted by molar-refractivity contribution is 6.48. The summed E-state index contributed by atoms with van der Waals surface area (Å²) in [6.07, 6.45) is 1.34. The van der Waals surface area contributed by atoms with E-state index >= 15 is 0 Å². The lowest BCUT2D eigenvalue weighted by Gasteiger charge is -2.32. The van der Waals surface area contributed by atoms with Crippen molar-refractivity contribution in [3.05, 3.63) is 40.3 Å². The van der Waals surface area contributed by atoms with Crippen LogP contribution in [0.4, 0.5) is 4.39 Å². The van der Waals surface area contributed by atoms with Crippen molar-refractivity contribution < 1.29 is 28.4 Å². The highest BCUT2D eigenvalue weighted by Crippen LogP contribution is 2.40. The quantitative estimate of drug-likeness (QED) is 0.657. The maximum absolute atomic E-state index is 13.9. The Balaban J connectivity index is 1.90. The summed E-state index contributed by atoms with van der Waals surface area (Å²) in [5.41, 5.74) is 7.28. The molecule has 0 spiro atoms. The van der Waals surface area contributed by atoms with Crippen molar-refractivity contribution in [2.75, 3.05) is 7.11 Å². The van der Waals surface area contributed by atoms with Gasteiger partial charge in [0.05, 0.1) is 12.4 Å². The zero-order valence-electron chi connectivity index (χ0n) is 14.5. The third kappa shape index (κ3) is 3.53. The first-order valence-electron chi connectivity index (χ1n) is 8.32. The van der Waals surface area contributed by atoms with Gasteiger partial charge in [-0.05, 0) is 36.0 Å². The second-order valence-electron chi connectivity index (χ2n) is 6.64. The van der Waals surface area contributed by atoms with E-state index in [1.807, 2.05) is 0 Å². The molecule has 1 aromatic rings. The molecular formula is C17H20BFN2O5. The number of carbonyl (C=O) groups excluding carboxylic acids is 1. The third-order valence-electron chi connectivity index (χ3n) is 4.70. The van der Waals surface area contributed by atoms with Gasteiger partial charge >= 0.3 is 13.1 Å². The number of primary amides is 1. The van der Waals surface area contributed by atoms with Gasteiger partial charge in [0, 0.05) is 12.8 Å². The molecule has 2 atom stereocenters. The summed E-state index contributed by atoms with van der Waals surface area (Å²) in [5.74, 6) is -2.70. The van der Waals surface area contributed by atoms with Gasteiger partial charge in [-0.15, -0.1) is 0 Å². The molecule has 0 radical (unpaired) electrons. The topological polar surface area (TPSA) is 111 Å². The molecule has 7 nitrogen and oxygen atoms in total. The summed E-state index contributed by atoms with van der Waals surface area (Å²) in [6, 6.07) is 2.61. The predicted octanol–water partition coefficient (Wildman–Crippen LogP) is 1.26. The van der Waals surface area contributed by atoms with Gasteiger partial charge in [-0.2, -0.15) is 0 Å². The van der Waals surface area contributed by atoms with E-state index in [2.05, 4.69) is 12.2 Å². The number of nitrogens with one attached hydrogen (secondary N) is 1. The van der Waals surface area contributed by atoms with Crippen LogP contribution in [-0.4, -0.2) is 37.2 Å². The average Bonchev–Trinajstić information content (AvgIpc) is 3.29. The van der Waals surface area contributed by atoms with Crippen molar-refractivity contribution in [2.24, 2.45) is 11.7 Å². The summed E-state index contributed by atoms with van der Waals surface area (Å²) in [4.78, 5) is 22.7. The molecule has 0 aromatic heterocycles. The normalized spacial score (nSPS) is 23.0. The second kappa shape index (κ2) is 6.99. The van der Waals surface area contributed by atoms with Gasteiger partial charge in [0.25, 0.3) is 0 Å². The van der Waals surface area contributed by atoms with Crippen LogP contribution >= 0.6 is 0 Å². The number of carboxylic acid groups (broad SMARTS) is 1. The lowest BCUT2D eigenvalue weighted by molar-refractivity contribution is -0.117. The number of benzene rings is 1. The Hall–Kier alpha value is -2.55. The van der Waals surface area contributed by atoms with E-state index in [9.17, 15) is 19.1 Å². The molecule has 1 amide bonds. The van der Waals surface area contributed by atoms with Gasteiger partial charge in [0.1, 0.15) is 17.1 Å². The second-order valence-corrected chi connectivity index (χ2v) is 6.64. The van der Waals surface area contributed by atoms with Gasteiger partial charge in [-0.25, -0.2) is 9.18 Å². The predicted molar refractivity (Wildman–Crippen MR) is 92.0 cm³/mol. The van der Waals surface area contributed by atoms with E-state index in [1.54, 1.807) is 0 Å². The Kier molecular flexibility index (Phi) is 4.91. The first-order valence-corrected chi connectivity index (χ1v) is 8.32. The summed E-state index contributed by atoms with van der Waals surface area (Å²) in [7, 11) is 0.588. The van der Waals surface area contributed by atoms with Crippen molar-refractivity contribution in [3.8, 4) is 5.75 Å². The number of carboxylic acids is 1. The number of nitrogens with two attached hydrogens (primary N) is 1. The molecule has 1 aromatic carbocycles. The molecule has 0 saturated heterocycles. The minimum absolute atomic E-state index is 0.0219. The molecule has 4 N–H and O–H groups in total. The van der Waals surface area contributed by atoms with E-state index in [1.165, 1.54) is 13.2 Å². The molecular weight excluding hydrogens is 342 g/mol. The molecule has 138 valence electrons. The molecule has 9 heteroatoms. The number of allylic oxidation sites excluding steroid dienone is 1. The molecule has 3 rings (SSSR count). The number of aromatic carboxylic acids is 1. The molecule has 1 heterocycles. The van der Waals surface area contributed by atoms with E-state index in [0.29, 0.717) is 17.9 Å². The number of amides is 1. The molecule has 1 aliphatic heterocycles. The summed E-state index contributed by atoms with van der Waals surface area (Å²) < 4.78 is 24.9. The molecule has 2 unspecified atom stereocenters. The van der Waals surface area contributed by atoms with Gasteiger partial charge in [-0.3, -0.25) is 4.79 Å². The lowest BCUT2D eigenvalue weighted by atomic mass is 9.71. The maximum Gasteiger partial charge on any atom is 0.549 e. The summed E-state index contributed by atoms with van der Waals surface area (Å²) >= 11 is 0. The van der Waals surface area contributed by atoms with Crippen LogP contribution < -0.4 is 15.7 Å². The smallest absolute Gasteiger partial charge is 0.534 e. The summed E-state index contributed by atoms with van der Waals surface area (Å²) in [5, 5.41) is 12.5. The number of hydrogen-bond donors (Lipinski definition) is 3. The van der Waals surface area contributed by atoms with E-state index in [-0.39, 0.29) is 18.1 Å². The SMILES string of the molecule is COB1Oc2c(ccc(F)c2C(=O)O)CC1N/C(CC(N)=O)=C1\CC1C. The van der Waals surface area contributed by atoms with Crippen molar-refractivity contribution in [3.63, 3.8) is 0 Å². The van der Waals surface area contributed by atoms with Crippen molar-refractivity contribution in [1.29, 1.82) is 0 Å². The van der Waals surface area contributed by atoms with Crippen molar-refractivity contribution >= 4 is 19.0 Å². The Labute approximate surface area is 150 Å². The number of hydrogen-bond acceptors (Lipinski definition) is 5. The van der Waals surface area contributed by atoms with Crippen LogP contribution in [0.5, 0.6) is 5.75 Å². The molecule has 26 heavy (non-hydrogen) atoms. The zero-order valence-corrected chi connectivity index (χ0v) is 14.5.